The van der Waals surface area contributed by atoms with Gasteiger partial charge in [0.2, 0.25) is 0 Å². The van der Waals surface area contributed by atoms with Crippen LogP contribution in [0.25, 0.3) is 16.5 Å². The molecule has 33 heavy (non-hydrogen) atoms. The Morgan fingerprint density at radius 3 is 2.39 bits per heavy atom. The van der Waals surface area contributed by atoms with E-state index in [4.69, 9.17) is 0 Å². The first-order valence-corrected chi connectivity index (χ1v) is 10.1. The van der Waals surface area contributed by atoms with Crippen molar-refractivity contribution in [3.63, 3.8) is 0 Å². The van der Waals surface area contributed by atoms with E-state index in [9.17, 15) is 23.5 Å². The summed E-state index contributed by atoms with van der Waals surface area (Å²) in [4.78, 5) is 31.2. The third kappa shape index (κ3) is 3.34. The van der Waals surface area contributed by atoms with Crippen molar-refractivity contribution in [2.45, 2.75) is 6.04 Å². The van der Waals surface area contributed by atoms with Gasteiger partial charge in [-0.15, -0.1) is 0 Å². The summed E-state index contributed by atoms with van der Waals surface area (Å²) in [6.45, 7) is 0. The van der Waals surface area contributed by atoms with Crippen LogP contribution in [0.2, 0.25) is 0 Å². The Bertz CT molecular complexity index is 1450. The van der Waals surface area contributed by atoms with E-state index in [-0.39, 0.29) is 17.0 Å². The lowest BCUT2D eigenvalue weighted by Gasteiger charge is -2.25. The number of aromatic nitrogens is 1. The van der Waals surface area contributed by atoms with Crippen LogP contribution < -0.4 is 4.90 Å². The van der Waals surface area contributed by atoms with Crippen molar-refractivity contribution < 1.29 is 23.5 Å². The summed E-state index contributed by atoms with van der Waals surface area (Å²) in [5.74, 6) is -4.18. The predicted molar refractivity (Wildman–Crippen MR) is 119 cm³/mol. The van der Waals surface area contributed by atoms with Crippen LogP contribution >= 0.6 is 0 Å². The summed E-state index contributed by atoms with van der Waals surface area (Å²) < 4.78 is 28.3. The molecule has 5 rings (SSSR count). The second kappa shape index (κ2) is 7.94. The SMILES string of the molecule is O=C1C(=O)N(c2ccc(F)cc2F)C(c2ccncc2)/C1=C(/O)c1cccc2ccccc12. The van der Waals surface area contributed by atoms with Crippen LogP contribution in [0, 0.1) is 11.6 Å². The number of halogens is 2. The van der Waals surface area contributed by atoms with E-state index in [1.807, 2.05) is 18.2 Å². The molecule has 1 N–H and O–H groups in total. The van der Waals surface area contributed by atoms with Crippen LogP contribution in [-0.4, -0.2) is 21.8 Å². The van der Waals surface area contributed by atoms with Gasteiger partial charge < -0.3 is 5.11 Å². The molecule has 2 heterocycles. The lowest BCUT2D eigenvalue weighted by Crippen LogP contribution is -2.30. The Hall–Kier alpha value is -4.39. The highest BCUT2D eigenvalue weighted by molar-refractivity contribution is 6.51. The molecule has 1 fully saturated rings. The molecule has 0 saturated carbocycles. The summed E-state index contributed by atoms with van der Waals surface area (Å²) in [5.41, 5.74) is 0.350. The lowest BCUT2D eigenvalue weighted by molar-refractivity contribution is -0.132. The first-order valence-electron chi connectivity index (χ1n) is 10.1. The number of aliphatic hydroxyl groups excluding tert-OH is 1. The average Bonchev–Trinajstić information content (AvgIpc) is 3.09. The monoisotopic (exact) mass is 442 g/mol. The number of anilines is 1. The van der Waals surface area contributed by atoms with Gasteiger partial charge in [-0.3, -0.25) is 19.5 Å². The van der Waals surface area contributed by atoms with Crippen LogP contribution in [-0.2, 0) is 9.59 Å². The van der Waals surface area contributed by atoms with Crippen molar-refractivity contribution >= 4 is 33.9 Å². The van der Waals surface area contributed by atoms with Gasteiger partial charge in [0.15, 0.2) is 0 Å². The molecule has 1 aromatic heterocycles. The first-order chi connectivity index (χ1) is 16.0. The van der Waals surface area contributed by atoms with Crippen molar-refractivity contribution in [3.05, 3.63) is 114 Å². The maximum Gasteiger partial charge on any atom is 0.300 e. The van der Waals surface area contributed by atoms with Gasteiger partial charge in [0.1, 0.15) is 17.4 Å². The second-order valence-electron chi connectivity index (χ2n) is 7.57. The molecule has 162 valence electrons. The number of nitrogens with zero attached hydrogens (tertiary/aromatic N) is 2. The minimum atomic E-state index is -1.13. The lowest BCUT2D eigenvalue weighted by atomic mass is 9.93. The Morgan fingerprint density at radius 1 is 0.909 bits per heavy atom. The molecule has 1 aliphatic rings. The molecular formula is C26H16F2N2O3. The van der Waals surface area contributed by atoms with Gasteiger partial charge in [0.05, 0.1) is 17.3 Å². The summed E-state index contributed by atoms with van der Waals surface area (Å²) in [6, 6.07) is 17.3. The van der Waals surface area contributed by atoms with Crippen LogP contribution in [0.15, 0.2) is 90.8 Å². The number of Topliss-reactive ketones (excluding diaryl/α,β-unsaturated/α-hetero) is 1. The van der Waals surface area contributed by atoms with Gasteiger partial charge in [0, 0.05) is 24.0 Å². The molecule has 1 amide bonds. The van der Waals surface area contributed by atoms with Crippen molar-refractivity contribution in [2.24, 2.45) is 0 Å². The third-order valence-corrected chi connectivity index (χ3v) is 5.68. The first kappa shape index (κ1) is 20.5. The van der Waals surface area contributed by atoms with E-state index in [1.165, 1.54) is 12.4 Å². The van der Waals surface area contributed by atoms with Gasteiger partial charge in [-0.25, -0.2) is 8.78 Å². The van der Waals surface area contributed by atoms with E-state index >= 15 is 0 Å². The summed E-state index contributed by atoms with van der Waals surface area (Å²) >= 11 is 0. The molecule has 0 radical (unpaired) electrons. The number of hydrogen-bond donors (Lipinski definition) is 1. The minimum Gasteiger partial charge on any atom is -0.507 e. The van der Waals surface area contributed by atoms with Crippen LogP contribution in [0.1, 0.15) is 17.2 Å². The molecule has 0 spiro atoms. The zero-order valence-electron chi connectivity index (χ0n) is 17.1. The number of benzene rings is 3. The molecule has 4 aromatic rings. The van der Waals surface area contributed by atoms with Gasteiger partial charge in [0.25, 0.3) is 11.7 Å². The molecule has 0 bridgehead atoms. The van der Waals surface area contributed by atoms with E-state index < -0.39 is 29.4 Å². The quantitative estimate of drug-likeness (QED) is 0.271. The highest BCUT2D eigenvalue weighted by atomic mass is 19.1. The Kier molecular flexibility index (Phi) is 4.94. The number of hydrogen-bond acceptors (Lipinski definition) is 4. The molecule has 1 aliphatic heterocycles. The van der Waals surface area contributed by atoms with Crippen molar-refractivity contribution in [1.82, 2.24) is 4.98 Å². The van der Waals surface area contributed by atoms with Crippen LogP contribution in [0.5, 0.6) is 0 Å². The van der Waals surface area contributed by atoms with Gasteiger partial charge in [-0.1, -0.05) is 42.5 Å². The average molecular weight is 442 g/mol. The Labute approximate surface area is 187 Å². The molecule has 7 heteroatoms. The molecule has 1 atom stereocenters. The number of rotatable bonds is 3. The van der Waals surface area contributed by atoms with Crippen molar-refractivity contribution in [2.75, 3.05) is 4.90 Å². The molecule has 0 aliphatic carbocycles. The Morgan fingerprint density at radius 2 is 1.64 bits per heavy atom. The number of carbonyl (C=O) groups excluding carboxylic acids is 2. The van der Waals surface area contributed by atoms with E-state index in [2.05, 4.69) is 4.98 Å². The Balaban J connectivity index is 1.79. The number of fused-ring (bicyclic) bond motifs is 1. The fraction of sp³-hybridized carbons (Fsp3) is 0.0385. The van der Waals surface area contributed by atoms with E-state index in [0.717, 1.165) is 22.4 Å². The normalized spacial score (nSPS) is 17.6. The zero-order chi connectivity index (χ0) is 23.1. The van der Waals surface area contributed by atoms with Gasteiger partial charge in [-0.2, -0.15) is 0 Å². The largest absolute Gasteiger partial charge is 0.507 e. The number of ketones is 1. The van der Waals surface area contributed by atoms with Crippen LogP contribution in [0.3, 0.4) is 0 Å². The van der Waals surface area contributed by atoms with Crippen LogP contribution in [0.4, 0.5) is 14.5 Å². The standard InChI is InChI=1S/C26H16F2N2O3/c27-17-8-9-21(20(28)14-17)30-23(16-10-12-29-13-11-16)22(25(32)26(30)33)24(31)19-7-3-5-15-4-1-2-6-18(15)19/h1-14,23,31H/b24-22-. The smallest absolute Gasteiger partial charge is 0.300 e. The van der Waals surface area contributed by atoms with E-state index in [0.29, 0.717) is 22.6 Å². The molecular weight excluding hydrogens is 426 g/mol. The number of amides is 1. The topological polar surface area (TPSA) is 70.5 Å². The van der Waals surface area contributed by atoms with Crippen molar-refractivity contribution in [1.29, 1.82) is 0 Å². The molecule has 3 aromatic carbocycles. The number of carbonyl (C=O) groups is 2. The van der Waals surface area contributed by atoms with Gasteiger partial charge >= 0.3 is 0 Å². The molecule has 5 nitrogen and oxygen atoms in total. The highest BCUT2D eigenvalue weighted by Crippen LogP contribution is 2.43. The number of aliphatic hydroxyl groups is 1. The maximum absolute atomic E-state index is 14.7. The molecule has 1 saturated heterocycles. The molecule has 1 unspecified atom stereocenters. The van der Waals surface area contributed by atoms with Gasteiger partial charge in [-0.05, 0) is 40.6 Å². The fourth-order valence-electron chi connectivity index (χ4n) is 4.20. The van der Waals surface area contributed by atoms with Crippen molar-refractivity contribution in [3.8, 4) is 0 Å². The van der Waals surface area contributed by atoms with E-state index in [1.54, 1.807) is 36.4 Å². The minimum absolute atomic E-state index is 0.189. The third-order valence-electron chi connectivity index (χ3n) is 5.68. The summed E-state index contributed by atoms with van der Waals surface area (Å²) in [5, 5.41) is 12.8. The number of pyridine rings is 1. The zero-order valence-corrected chi connectivity index (χ0v) is 17.1. The maximum atomic E-state index is 14.7. The highest BCUT2D eigenvalue weighted by Gasteiger charge is 2.47. The second-order valence-corrected chi connectivity index (χ2v) is 7.57. The summed E-state index contributed by atoms with van der Waals surface area (Å²) in [7, 11) is 0. The summed E-state index contributed by atoms with van der Waals surface area (Å²) in [6.07, 6.45) is 2.93. The fourth-order valence-corrected chi connectivity index (χ4v) is 4.20. The predicted octanol–water partition coefficient (Wildman–Crippen LogP) is 5.14.